The second-order valence-electron chi connectivity index (χ2n) is 6.84. The van der Waals surface area contributed by atoms with Gasteiger partial charge in [0.15, 0.2) is 5.65 Å². The molecule has 6 heteroatoms. The van der Waals surface area contributed by atoms with Crippen LogP contribution in [-0.2, 0) is 20.0 Å². The first-order valence-electron chi connectivity index (χ1n) is 8.26. The number of hydrogen-bond acceptors (Lipinski definition) is 4. The number of hydrogen-bond donors (Lipinski definition) is 0. The molecule has 0 radical (unpaired) electrons. The zero-order valence-corrected chi connectivity index (χ0v) is 13.5. The standard InChI is InChI=1S/C17H20N6/c1-11-5-17-19-8-14-15-4-3-12(6-16(14)23(17)20-11)22(15)9-13-7-18-10-21(13)2/h5,7-8,10,12,15H,3-4,6,9H2,1-2H3/t12-,15+/m1/s1. The summed E-state index contributed by atoms with van der Waals surface area (Å²) < 4.78 is 4.19. The van der Waals surface area contributed by atoms with Crippen LogP contribution in [0.3, 0.4) is 0 Å². The minimum Gasteiger partial charge on any atom is -0.337 e. The van der Waals surface area contributed by atoms with E-state index in [0.29, 0.717) is 12.1 Å². The van der Waals surface area contributed by atoms with E-state index in [1.807, 2.05) is 19.4 Å². The van der Waals surface area contributed by atoms with E-state index in [0.717, 1.165) is 24.3 Å². The largest absolute Gasteiger partial charge is 0.337 e. The second-order valence-corrected chi connectivity index (χ2v) is 6.84. The average Bonchev–Trinajstić information content (AvgIpc) is 3.18. The van der Waals surface area contributed by atoms with E-state index in [4.69, 9.17) is 0 Å². The van der Waals surface area contributed by atoms with Gasteiger partial charge in [-0.1, -0.05) is 0 Å². The van der Waals surface area contributed by atoms with Crippen LogP contribution in [0, 0.1) is 6.92 Å². The van der Waals surface area contributed by atoms with E-state index in [-0.39, 0.29) is 0 Å². The smallest absolute Gasteiger partial charge is 0.155 e. The molecule has 0 spiro atoms. The van der Waals surface area contributed by atoms with Crippen molar-refractivity contribution in [2.24, 2.45) is 7.05 Å². The molecule has 0 N–H and O–H groups in total. The molecule has 2 bridgehead atoms. The number of aromatic nitrogens is 5. The molecule has 3 aromatic heterocycles. The van der Waals surface area contributed by atoms with Crippen molar-refractivity contribution in [3.8, 4) is 0 Å². The Labute approximate surface area is 134 Å². The van der Waals surface area contributed by atoms with Gasteiger partial charge in [0.2, 0.25) is 0 Å². The molecule has 118 valence electrons. The van der Waals surface area contributed by atoms with Crippen LogP contribution >= 0.6 is 0 Å². The Hall–Kier alpha value is -2.21. The van der Waals surface area contributed by atoms with Gasteiger partial charge in [0, 0.05) is 56.1 Å². The molecule has 2 atom stereocenters. The monoisotopic (exact) mass is 308 g/mol. The van der Waals surface area contributed by atoms with E-state index >= 15 is 0 Å². The third kappa shape index (κ3) is 1.88. The van der Waals surface area contributed by atoms with E-state index in [1.54, 1.807) is 0 Å². The van der Waals surface area contributed by atoms with Gasteiger partial charge >= 0.3 is 0 Å². The first-order valence-corrected chi connectivity index (χ1v) is 8.26. The van der Waals surface area contributed by atoms with Crippen LogP contribution in [0.4, 0.5) is 0 Å². The van der Waals surface area contributed by atoms with Crippen LogP contribution in [-0.4, -0.2) is 35.1 Å². The molecule has 0 aliphatic carbocycles. The fraction of sp³-hybridized carbons (Fsp3) is 0.471. The minimum atomic E-state index is 0.458. The van der Waals surface area contributed by atoms with Gasteiger partial charge in [-0.3, -0.25) is 4.90 Å². The van der Waals surface area contributed by atoms with Crippen molar-refractivity contribution < 1.29 is 0 Å². The average molecular weight is 308 g/mol. The summed E-state index contributed by atoms with van der Waals surface area (Å²) in [4.78, 5) is 11.5. The molecule has 3 aromatic rings. The Morgan fingerprint density at radius 1 is 1.26 bits per heavy atom. The summed E-state index contributed by atoms with van der Waals surface area (Å²) in [7, 11) is 2.07. The first-order chi connectivity index (χ1) is 11.2. The predicted molar refractivity (Wildman–Crippen MR) is 85.9 cm³/mol. The summed E-state index contributed by atoms with van der Waals surface area (Å²) >= 11 is 0. The van der Waals surface area contributed by atoms with Gasteiger partial charge in [-0.2, -0.15) is 5.10 Å². The molecule has 0 saturated carbocycles. The second kappa shape index (κ2) is 4.64. The van der Waals surface area contributed by atoms with Gasteiger partial charge in [-0.15, -0.1) is 0 Å². The Kier molecular flexibility index (Phi) is 2.68. The maximum atomic E-state index is 4.66. The highest BCUT2D eigenvalue weighted by Crippen LogP contribution is 2.44. The third-order valence-corrected chi connectivity index (χ3v) is 5.43. The predicted octanol–water partition coefficient (Wildman–Crippen LogP) is 2.03. The van der Waals surface area contributed by atoms with Crippen LogP contribution in [0.25, 0.3) is 5.65 Å². The van der Waals surface area contributed by atoms with Crippen LogP contribution in [0.5, 0.6) is 0 Å². The van der Waals surface area contributed by atoms with E-state index in [9.17, 15) is 0 Å². The molecular formula is C17H20N6. The third-order valence-electron chi connectivity index (χ3n) is 5.43. The molecule has 6 nitrogen and oxygen atoms in total. The molecule has 0 amide bonds. The van der Waals surface area contributed by atoms with E-state index in [1.165, 1.54) is 29.8 Å². The van der Waals surface area contributed by atoms with Crippen LogP contribution in [0.2, 0.25) is 0 Å². The lowest BCUT2D eigenvalue weighted by molar-refractivity contribution is 0.161. The lowest BCUT2D eigenvalue weighted by atomic mass is 9.99. The fourth-order valence-corrected chi connectivity index (χ4v) is 4.27. The van der Waals surface area contributed by atoms with Crippen molar-refractivity contribution in [2.45, 2.75) is 44.8 Å². The highest BCUT2D eigenvalue weighted by Gasteiger charge is 2.41. The van der Waals surface area contributed by atoms with Crippen LogP contribution in [0.1, 0.15) is 41.5 Å². The molecule has 0 unspecified atom stereocenters. The van der Waals surface area contributed by atoms with Crippen molar-refractivity contribution in [1.82, 2.24) is 29.0 Å². The van der Waals surface area contributed by atoms with Crippen molar-refractivity contribution >= 4 is 5.65 Å². The number of imidazole rings is 1. The summed E-state index contributed by atoms with van der Waals surface area (Å²) in [5.41, 5.74) is 6.00. The Bertz CT molecular complexity index is 892. The summed E-state index contributed by atoms with van der Waals surface area (Å²) in [6, 6.07) is 3.11. The van der Waals surface area contributed by atoms with Gasteiger partial charge in [0.25, 0.3) is 0 Å². The molecular weight excluding hydrogens is 288 g/mol. The van der Waals surface area contributed by atoms with Crippen molar-refractivity contribution in [3.63, 3.8) is 0 Å². The van der Waals surface area contributed by atoms with Crippen molar-refractivity contribution in [1.29, 1.82) is 0 Å². The number of rotatable bonds is 2. The van der Waals surface area contributed by atoms with E-state index in [2.05, 4.69) is 48.4 Å². The number of aryl methyl sites for hydroxylation is 2. The van der Waals surface area contributed by atoms with E-state index < -0.39 is 0 Å². The van der Waals surface area contributed by atoms with Crippen molar-refractivity contribution in [3.05, 3.63) is 47.4 Å². The Morgan fingerprint density at radius 2 is 2.17 bits per heavy atom. The van der Waals surface area contributed by atoms with Gasteiger partial charge in [0.1, 0.15) is 0 Å². The Balaban J connectivity index is 1.57. The molecule has 2 aliphatic rings. The summed E-state index contributed by atoms with van der Waals surface area (Å²) in [6.45, 7) is 2.99. The number of nitrogens with zero attached hydrogens (tertiary/aromatic N) is 6. The summed E-state index contributed by atoms with van der Waals surface area (Å²) in [5.74, 6) is 0. The maximum absolute atomic E-state index is 4.66. The molecule has 1 fully saturated rings. The summed E-state index contributed by atoms with van der Waals surface area (Å²) in [5, 5.41) is 4.66. The number of fused-ring (bicyclic) bond motifs is 6. The SMILES string of the molecule is Cc1cc2ncc3c(n2n1)C[C@H]1CC[C@@H]3N1Cc1cncn1C. The van der Waals surface area contributed by atoms with Gasteiger partial charge in [0.05, 0.1) is 23.4 Å². The lowest BCUT2D eigenvalue weighted by Crippen LogP contribution is -2.38. The first kappa shape index (κ1) is 13.2. The molecule has 23 heavy (non-hydrogen) atoms. The molecule has 2 aliphatic heterocycles. The van der Waals surface area contributed by atoms with Gasteiger partial charge < -0.3 is 4.57 Å². The molecule has 5 heterocycles. The Morgan fingerprint density at radius 3 is 3.00 bits per heavy atom. The van der Waals surface area contributed by atoms with Crippen molar-refractivity contribution in [2.75, 3.05) is 0 Å². The normalized spacial score (nSPS) is 23.6. The fourth-order valence-electron chi connectivity index (χ4n) is 4.27. The highest BCUT2D eigenvalue weighted by atomic mass is 15.3. The van der Waals surface area contributed by atoms with Crippen LogP contribution in [0.15, 0.2) is 24.8 Å². The minimum absolute atomic E-state index is 0.458. The topological polar surface area (TPSA) is 51.2 Å². The highest BCUT2D eigenvalue weighted by molar-refractivity contribution is 5.44. The maximum Gasteiger partial charge on any atom is 0.155 e. The zero-order chi connectivity index (χ0) is 15.6. The zero-order valence-electron chi connectivity index (χ0n) is 13.5. The quantitative estimate of drug-likeness (QED) is 0.727. The molecule has 5 rings (SSSR count). The summed E-state index contributed by atoms with van der Waals surface area (Å²) in [6.07, 6.45) is 9.46. The van der Waals surface area contributed by atoms with Crippen LogP contribution < -0.4 is 0 Å². The van der Waals surface area contributed by atoms with Gasteiger partial charge in [-0.25, -0.2) is 14.5 Å². The molecule has 1 saturated heterocycles. The molecule has 0 aromatic carbocycles. The van der Waals surface area contributed by atoms with Gasteiger partial charge in [-0.05, 0) is 19.8 Å². The lowest BCUT2D eigenvalue weighted by Gasteiger charge is -2.36.